The number of anilines is 1. The molecule has 1 aliphatic heterocycles. The Bertz CT molecular complexity index is 807. The minimum atomic E-state index is -4.53. The number of pyridine rings is 1. The highest BCUT2D eigenvalue weighted by atomic mass is 32.2. The van der Waals surface area contributed by atoms with Gasteiger partial charge < -0.3 is 5.32 Å². The number of hydrogen-bond donors (Lipinski definition) is 2. The summed E-state index contributed by atoms with van der Waals surface area (Å²) >= 11 is 0. The molecule has 0 radical (unpaired) electrons. The Labute approximate surface area is 149 Å². The molecule has 2 fully saturated rings. The fourth-order valence-corrected chi connectivity index (χ4v) is 4.60. The average molecular weight is 391 g/mol. The van der Waals surface area contributed by atoms with Crippen LogP contribution in [-0.4, -0.2) is 36.5 Å². The molecule has 3 rings (SSSR count). The molecule has 0 bridgehead atoms. The zero-order valence-corrected chi connectivity index (χ0v) is 15.0. The monoisotopic (exact) mass is 391 g/mol. The van der Waals surface area contributed by atoms with Gasteiger partial charge in [0.2, 0.25) is 0 Å². The molecule has 10 heteroatoms. The van der Waals surface area contributed by atoms with Gasteiger partial charge >= 0.3 is 12.2 Å². The van der Waals surface area contributed by atoms with Crippen molar-refractivity contribution >= 4 is 21.7 Å². The Balaban J connectivity index is 1.70. The quantitative estimate of drug-likeness (QED) is 0.829. The molecule has 1 saturated carbocycles. The van der Waals surface area contributed by atoms with Gasteiger partial charge in [0.15, 0.2) is 9.84 Å². The van der Waals surface area contributed by atoms with Crippen molar-refractivity contribution < 1.29 is 26.4 Å². The van der Waals surface area contributed by atoms with E-state index < -0.39 is 38.9 Å². The van der Waals surface area contributed by atoms with Crippen molar-refractivity contribution in [2.75, 3.05) is 11.1 Å². The predicted molar refractivity (Wildman–Crippen MR) is 89.6 cm³/mol. The van der Waals surface area contributed by atoms with Crippen molar-refractivity contribution in [2.24, 2.45) is 0 Å². The Hall–Kier alpha value is -1.84. The number of nitrogens with zero attached hydrogens (tertiary/aromatic N) is 1. The first-order chi connectivity index (χ1) is 12.0. The number of halogens is 3. The van der Waals surface area contributed by atoms with Crippen LogP contribution in [0.4, 0.5) is 23.8 Å². The molecule has 6 nitrogen and oxygen atoms in total. The third-order valence-corrected chi connectivity index (χ3v) is 7.04. The zero-order valence-electron chi connectivity index (χ0n) is 14.1. The van der Waals surface area contributed by atoms with Crippen LogP contribution in [0, 0.1) is 0 Å². The van der Waals surface area contributed by atoms with Crippen molar-refractivity contribution in [2.45, 2.75) is 56.0 Å². The van der Waals surface area contributed by atoms with Crippen LogP contribution in [0.3, 0.4) is 0 Å². The molecular weight excluding hydrogens is 371 g/mol. The second-order valence-electron chi connectivity index (χ2n) is 6.95. The summed E-state index contributed by atoms with van der Waals surface area (Å²) < 4.78 is 62.9. The van der Waals surface area contributed by atoms with Gasteiger partial charge in [-0.2, -0.15) is 13.2 Å². The Morgan fingerprint density at radius 1 is 1.19 bits per heavy atom. The third kappa shape index (κ3) is 4.46. The maximum atomic E-state index is 13.0. The van der Waals surface area contributed by atoms with Gasteiger partial charge in [-0.15, -0.1) is 0 Å². The third-order valence-electron chi connectivity index (χ3n) is 4.71. The van der Waals surface area contributed by atoms with Gasteiger partial charge in [0, 0.05) is 17.7 Å². The number of hydrogen-bond acceptors (Lipinski definition) is 4. The molecule has 0 aromatic carbocycles. The molecule has 0 spiro atoms. The molecule has 2 heterocycles. The van der Waals surface area contributed by atoms with E-state index in [1.807, 2.05) is 0 Å². The normalized spacial score (nSPS) is 25.5. The van der Waals surface area contributed by atoms with E-state index >= 15 is 0 Å². The summed E-state index contributed by atoms with van der Waals surface area (Å²) in [4.78, 5) is 16.2. The number of aromatic nitrogens is 1. The largest absolute Gasteiger partial charge is 0.416 e. The van der Waals surface area contributed by atoms with E-state index in [1.54, 1.807) is 6.92 Å². The Kier molecular flexibility index (Phi) is 4.89. The van der Waals surface area contributed by atoms with E-state index in [2.05, 4.69) is 15.6 Å². The number of rotatable bonds is 3. The van der Waals surface area contributed by atoms with Crippen molar-refractivity contribution in [3.63, 3.8) is 0 Å². The Morgan fingerprint density at radius 2 is 1.88 bits per heavy atom. The number of nitrogens with one attached hydrogen (secondary N) is 2. The second-order valence-corrected chi connectivity index (χ2v) is 9.41. The first-order valence-corrected chi connectivity index (χ1v) is 10.1. The maximum absolute atomic E-state index is 13.0. The first kappa shape index (κ1) is 18.9. The molecule has 1 aromatic rings. The van der Waals surface area contributed by atoms with Gasteiger partial charge in [-0.1, -0.05) is 0 Å². The van der Waals surface area contributed by atoms with Crippen molar-refractivity contribution in [1.29, 1.82) is 0 Å². The molecular formula is C16H20F3N3O3S. The SMILES string of the molecule is CC1CCC(NC(=O)Nc2cc(C(F)(F)F)cc(C3CC3)n2)CS1(=O)=O. The molecule has 144 valence electrons. The lowest BCUT2D eigenvalue weighted by Crippen LogP contribution is -2.47. The van der Waals surface area contributed by atoms with Crippen LogP contribution in [0.1, 0.15) is 49.8 Å². The van der Waals surface area contributed by atoms with Gasteiger partial charge in [-0.25, -0.2) is 18.2 Å². The molecule has 1 aliphatic carbocycles. The number of amides is 2. The minimum absolute atomic E-state index is 0.00844. The van der Waals surface area contributed by atoms with Crippen LogP contribution in [-0.2, 0) is 16.0 Å². The molecule has 1 aromatic heterocycles. The summed E-state index contributed by atoms with van der Waals surface area (Å²) in [5.74, 6) is -0.373. The summed E-state index contributed by atoms with van der Waals surface area (Å²) in [6.45, 7) is 1.62. The van der Waals surface area contributed by atoms with Crippen LogP contribution in [0.25, 0.3) is 0 Å². The lowest BCUT2D eigenvalue weighted by Gasteiger charge is -2.27. The predicted octanol–water partition coefficient (Wildman–Crippen LogP) is 3.07. The number of sulfone groups is 1. The number of urea groups is 1. The van der Waals surface area contributed by atoms with Gasteiger partial charge in [0.1, 0.15) is 5.82 Å². The fraction of sp³-hybridized carbons (Fsp3) is 0.625. The zero-order chi connectivity index (χ0) is 19.1. The van der Waals surface area contributed by atoms with Crippen LogP contribution < -0.4 is 10.6 Å². The lowest BCUT2D eigenvalue weighted by atomic mass is 10.1. The fourth-order valence-electron chi connectivity index (χ4n) is 2.96. The van der Waals surface area contributed by atoms with E-state index in [0.717, 1.165) is 25.0 Å². The summed E-state index contributed by atoms with van der Waals surface area (Å²) in [5, 5.41) is 4.37. The van der Waals surface area contributed by atoms with Crippen LogP contribution in [0.5, 0.6) is 0 Å². The second kappa shape index (κ2) is 6.71. The number of carbonyl (C=O) groups is 1. The molecule has 26 heavy (non-hydrogen) atoms. The van der Waals surface area contributed by atoms with Gasteiger partial charge in [-0.3, -0.25) is 5.32 Å². The highest BCUT2D eigenvalue weighted by molar-refractivity contribution is 7.92. The summed E-state index contributed by atoms with van der Waals surface area (Å²) in [5.41, 5.74) is -0.553. The van der Waals surface area contributed by atoms with E-state index in [1.165, 1.54) is 0 Å². The smallest absolute Gasteiger partial charge is 0.334 e. The minimum Gasteiger partial charge on any atom is -0.334 e. The van der Waals surface area contributed by atoms with Crippen molar-refractivity contribution in [1.82, 2.24) is 10.3 Å². The van der Waals surface area contributed by atoms with E-state index in [-0.39, 0.29) is 17.5 Å². The molecule has 2 aliphatic rings. The summed E-state index contributed by atoms with van der Waals surface area (Å²) in [6.07, 6.45) is -2.05. The molecule has 2 unspecified atom stereocenters. The molecule has 2 N–H and O–H groups in total. The van der Waals surface area contributed by atoms with Crippen LogP contribution in [0.2, 0.25) is 0 Å². The lowest BCUT2D eigenvalue weighted by molar-refractivity contribution is -0.137. The van der Waals surface area contributed by atoms with Crippen molar-refractivity contribution in [3.05, 3.63) is 23.4 Å². The topological polar surface area (TPSA) is 88.2 Å². The maximum Gasteiger partial charge on any atom is 0.416 e. The molecule has 1 saturated heterocycles. The number of carbonyl (C=O) groups excluding carboxylic acids is 1. The van der Waals surface area contributed by atoms with Gasteiger partial charge in [-0.05, 0) is 44.7 Å². The number of alkyl halides is 3. The van der Waals surface area contributed by atoms with Crippen LogP contribution >= 0.6 is 0 Å². The first-order valence-electron chi connectivity index (χ1n) is 8.43. The standard InChI is InChI=1S/C16H20F3N3O3S/c1-9-2-5-12(8-26(9,24)25)20-15(23)22-14-7-11(16(17,18)19)6-13(21-14)10-3-4-10/h6-7,9-10,12H,2-5,8H2,1H3,(H2,20,21,22,23). The summed E-state index contributed by atoms with van der Waals surface area (Å²) in [7, 11) is -3.27. The van der Waals surface area contributed by atoms with E-state index in [4.69, 9.17) is 0 Å². The molecule has 2 amide bonds. The van der Waals surface area contributed by atoms with Gasteiger partial charge in [0.05, 0.1) is 16.6 Å². The van der Waals surface area contributed by atoms with Crippen molar-refractivity contribution in [3.8, 4) is 0 Å². The highest BCUT2D eigenvalue weighted by Crippen LogP contribution is 2.41. The van der Waals surface area contributed by atoms with E-state index in [9.17, 15) is 26.4 Å². The summed E-state index contributed by atoms with van der Waals surface area (Å²) in [6, 6.07) is 0.472. The molecule has 2 atom stereocenters. The highest BCUT2D eigenvalue weighted by Gasteiger charge is 2.35. The average Bonchev–Trinajstić information content (AvgIpc) is 3.34. The Morgan fingerprint density at radius 3 is 2.46 bits per heavy atom. The van der Waals surface area contributed by atoms with Gasteiger partial charge in [0.25, 0.3) is 0 Å². The van der Waals surface area contributed by atoms with Crippen LogP contribution in [0.15, 0.2) is 12.1 Å². The van der Waals surface area contributed by atoms with E-state index in [0.29, 0.717) is 18.5 Å².